The van der Waals surface area contributed by atoms with Crippen molar-refractivity contribution in [3.05, 3.63) is 96.1 Å². The van der Waals surface area contributed by atoms with Crippen LogP contribution in [0.4, 0.5) is 8.78 Å². The molecule has 0 atom stereocenters. The van der Waals surface area contributed by atoms with Crippen molar-refractivity contribution in [1.29, 1.82) is 0 Å². The van der Waals surface area contributed by atoms with Crippen LogP contribution in [0.5, 0.6) is 0 Å². The summed E-state index contributed by atoms with van der Waals surface area (Å²) in [5, 5.41) is 0. The topological polar surface area (TPSA) is 0 Å². The zero-order chi connectivity index (χ0) is 21.1. The highest BCUT2D eigenvalue weighted by molar-refractivity contribution is 5.72. The molecular formula is C28H28F2. The molecule has 3 aromatic rings. The smallest absolute Gasteiger partial charge is 0.167 e. The van der Waals surface area contributed by atoms with Crippen LogP contribution in [0.1, 0.15) is 49.7 Å². The van der Waals surface area contributed by atoms with Crippen LogP contribution in [0.3, 0.4) is 0 Å². The second-order valence-electron chi connectivity index (χ2n) is 8.56. The lowest BCUT2D eigenvalue weighted by Crippen LogP contribution is -2.10. The van der Waals surface area contributed by atoms with E-state index >= 15 is 0 Å². The van der Waals surface area contributed by atoms with Crippen molar-refractivity contribution in [1.82, 2.24) is 0 Å². The van der Waals surface area contributed by atoms with Gasteiger partial charge in [0.25, 0.3) is 0 Å². The molecule has 2 heteroatoms. The van der Waals surface area contributed by atoms with Gasteiger partial charge in [-0.2, -0.15) is 0 Å². The summed E-state index contributed by atoms with van der Waals surface area (Å²) in [5.74, 6) is -0.186. The first-order valence-electron chi connectivity index (χ1n) is 10.9. The van der Waals surface area contributed by atoms with E-state index in [1.54, 1.807) is 12.1 Å². The van der Waals surface area contributed by atoms with Crippen LogP contribution in [-0.2, 0) is 6.42 Å². The summed E-state index contributed by atoms with van der Waals surface area (Å²) in [7, 11) is 0. The summed E-state index contributed by atoms with van der Waals surface area (Å²) in [6.07, 6.45) is 7.54. The first-order chi connectivity index (χ1) is 14.6. The molecule has 1 aliphatic rings. The molecule has 1 aliphatic carbocycles. The van der Waals surface area contributed by atoms with Gasteiger partial charge in [0.05, 0.1) is 0 Å². The average Bonchev–Trinajstić information content (AvgIpc) is 2.77. The van der Waals surface area contributed by atoms with Crippen LogP contribution in [0.15, 0.2) is 73.3 Å². The van der Waals surface area contributed by atoms with Gasteiger partial charge in [-0.15, -0.1) is 6.58 Å². The SMILES string of the molecule is C=CCc1ccc(-c2ccc(-c3ccc(C4CCC(C)CC4)cc3)c(F)c2F)cc1. The first-order valence-corrected chi connectivity index (χ1v) is 10.9. The maximum atomic E-state index is 14.9. The predicted molar refractivity (Wildman–Crippen MR) is 122 cm³/mol. The molecule has 1 fully saturated rings. The van der Waals surface area contributed by atoms with Gasteiger partial charge in [-0.05, 0) is 53.4 Å². The first kappa shape index (κ1) is 20.5. The van der Waals surface area contributed by atoms with Gasteiger partial charge in [0.15, 0.2) is 11.6 Å². The highest BCUT2D eigenvalue weighted by atomic mass is 19.2. The second kappa shape index (κ2) is 8.95. The minimum absolute atomic E-state index is 0.286. The summed E-state index contributed by atoms with van der Waals surface area (Å²) in [6.45, 7) is 6.04. The second-order valence-corrected chi connectivity index (χ2v) is 8.56. The van der Waals surface area contributed by atoms with Gasteiger partial charge < -0.3 is 0 Å². The molecule has 0 N–H and O–H groups in total. The molecule has 154 valence electrons. The molecule has 0 amide bonds. The van der Waals surface area contributed by atoms with Gasteiger partial charge in [0.2, 0.25) is 0 Å². The molecule has 1 saturated carbocycles. The van der Waals surface area contributed by atoms with E-state index in [0.717, 1.165) is 17.9 Å². The Labute approximate surface area is 178 Å². The molecule has 0 nitrogen and oxygen atoms in total. The number of benzene rings is 3. The van der Waals surface area contributed by atoms with E-state index < -0.39 is 11.6 Å². The Kier molecular flexibility index (Phi) is 6.13. The third-order valence-electron chi connectivity index (χ3n) is 6.44. The van der Waals surface area contributed by atoms with E-state index in [4.69, 9.17) is 0 Å². The Morgan fingerprint density at radius 1 is 0.767 bits per heavy atom. The molecule has 0 radical (unpaired) electrons. The van der Waals surface area contributed by atoms with Crippen molar-refractivity contribution in [2.24, 2.45) is 5.92 Å². The van der Waals surface area contributed by atoms with Crippen molar-refractivity contribution >= 4 is 0 Å². The number of hydrogen-bond donors (Lipinski definition) is 0. The van der Waals surface area contributed by atoms with Crippen molar-refractivity contribution < 1.29 is 8.78 Å². The fourth-order valence-corrected chi connectivity index (χ4v) is 4.51. The van der Waals surface area contributed by atoms with Crippen LogP contribution in [0.25, 0.3) is 22.3 Å². The molecule has 0 spiro atoms. The molecule has 0 unspecified atom stereocenters. The van der Waals surface area contributed by atoms with E-state index in [-0.39, 0.29) is 5.56 Å². The summed E-state index contributed by atoms with van der Waals surface area (Å²) in [4.78, 5) is 0. The quantitative estimate of drug-likeness (QED) is 0.376. The van der Waals surface area contributed by atoms with E-state index in [1.807, 2.05) is 42.5 Å². The van der Waals surface area contributed by atoms with Crippen molar-refractivity contribution in [2.45, 2.75) is 44.9 Å². The number of allylic oxidation sites excluding steroid dienone is 1. The van der Waals surface area contributed by atoms with Crippen molar-refractivity contribution in [3.8, 4) is 22.3 Å². The highest BCUT2D eigenvalue weighted by Crippen LogP contribution is 2.37. The Hall–Kier alpha value is -2.74. The summed E-state index contributed by atoms with van der Waals surface area (Å²) in [5.41, 5.74) is 4.39. The molecule has 4 rings (SSSR count). The van der Waals surface area contributed by atoms with Gasteiger partial charge in [-0.3, -0.25) is 0 Å². The summed E-state index contributed by atoms with van der Waals surface area (Å²) < 4.78 is 29.8. The predicted octanol–water partition coefficient (Wildman–Crippen LogP) is 8.32. The standard InChI is InChI=1S/C28H28F2/c1-3-4-20-7-11-23(12-8-20)25-17-18-26(28(30)27(25)29)24-15-13-22(14-16-24)21-9-5-19(2)6-10-21/h3,7-8,11-19,21H,1,4-6,9-10H2,2H3. The van der Waals surface area contributed by atoms with Gasteiger partial charge in [0, 0.05) is 11.1 Å². The summed E-state index contributed by atoms with van der Waals surface area (Å²) in [6, 6.07) is 18.9. The Balaban J connectivity index is 1.58. The van der Waals surface area contributed by atoms with Crippen LogP contribution in [0, 0.1) is 17.6 Å². The monoisotopic (exact) mass is 402 g/mol. The lowest BCUT2D eigenvalue weighted by atomic mass is 9.79. The Bertz CT molecular complexity index is 1010. The van der Waals surface area contributed by atoms with E-state index in [0.29, 0.717) is 22.6 Å². The maximum Gasteiger partial charge on any atom is 0.167 e. The Morgan fingerprint density at radius 3 is 1.77 bits per heavy atom. The van der Waals surface area contributed by atoms with Crippen molar-refractivity contribution in [3.63, 3.8) is 0 Å². The van der Waals surface area contributed by atoms with Crippen LogP contribution in [0.2, 0.25) is 0 Å². The molecule has 0 aliphatic heterocycles. The fraction of sp³-hybridized carbons (Fsp3) is 0.286. The van der Waals surface area contributed by atoms with E-state index in [9.17, 15) is 8.78 Å². The minimum atomic E-state index is -0.797. The lowest BCUT2D eigenvalue weighted by molar-refractivity contribution is 0.348. The molecule has 3 aromatic carbocycles. The number of halogens is 2. The number of hydrogen-bond acceptors (Lipinski definition) is 0. The lowest BCUT2D eigenvalue weighted by Gasteiger charge is -2.26. The largest absolute Gasteiger partial charge is 0.203 e. The molecule has 0 saturated heterocycles. The maximum absolute atomic E-state index is 14.9. The number of rotatable bonds is 5. The van der Waals surface area contributed by atoms with Gasteiger partial charge in [0.1, 0.15) is 0 Å². The fourth-order valence-electron chi connectivity index (χ4n) is 4.51. The van der Waals surface area contributed by atoms with Crippen LogP contribution in [-0.4, -0.2) is 0 Å². The molecule has 0 aromatic heterocycles. The van der Waals surface area contributed by atoms with Crippen LogP contribution >= 0.6 is 0 Å². The Morgan fingerprint density at radius 2 is 1.27 bits per heavy atom. The molecule has 0 heterocycles. The molecular weight excluding hydrogens is 374 g/mol. The van der Waals surface area contributed by atoms with Gasteiger partial charge in [-0.1, -0.05) is 86.5 Å². The van der Waals surface area contributed by atoms with E-state index in [2.05, 4.69) is 25.6 Å². The minimum Gasteiger partial charge on any atom is -0.203 e. The third kappa shape index (κ3) is 4.23. The zero-order valence-electron chi connectivity index (χ0n) is 17.5. The van der Waals surface area contributed by atoms with E-state index in [1.165, 1.54) is 31.2 Å². The normalized spacial score (nSPS) is 18.9. The average molecular weight is 403 g/mol. The third-order valence-corrected chi connectivity index (χ3v) is 6.44. The van der Waals surface area contributed by atoms with Gasteiger partial charge >= 0.3 is 0 Å². The van der Waals surface area contributed by atoms with Gasteiger partial charge in [-0.25, -0.2) is 8.78 Å². The molecule has 30 heavy (non-hydrogen) atoms. The summed E-state index contributed by atoms with van der Waals surface area (Å²) >= 11 is 0. The highest BCUT2D eigenvalue weighted by Gasteiger charge is 2.20. The van der Waals surface area contributed by atoms with Crippen molar-refractivity contribution in [2.75, 3.05) is 0 Å². The zero-order valence-corrected chi connectivity index (χ0v) is 17.5. The molecule has 0 bridgehead atoms. The van der Waals surface area contributed by atoms with Crippen LogP contribution < -0.4 is 0 Å².